The number of hydrogen-bond donors (Lipinski definition) is 3. The summed E-state index contributed by atoms with van der Waals surface area (Å²) in [6.07, 6.45) is 11.3. The molecular formula is C17H23ClN6. The highest BCUT2D eigenvalue weighted by molar-refractivity contribution is 6.32. The zero-order valence-corrected chi connectivity index (χ0v) is 14.4. The SMILES string of the molecule is NC1CCC(Nc2ncc(Cl)c(-c3cn[nH]c3CC3CC3)n2)CC1. The maximum Gasteiger partial charge on any atom is 0.223 e. The number of aromatic nitrogens is 4. The maximum absolute atomic E-state index is 6.36. The largest absolute Gasteiger partial charge is 0.351 e. The minimum atomic E-state index is 0.334. The van der Waals surface area contributed by atoms with Gasteiger partial charge in [0.05, 0.1) is 23.1 Å². The lowest BCUT2D eigenvalue weighted by Gasteiger charge is -2.26. The molecule has 0 spiro atoms. The fraction of sp³-hybridized carbons (Fsp3) is 0.588. The van der Waals surface area contributed by atoms with Gasteiger partial charge in [0.25, 0.3) is 0 Å². The second-order valence-corrected chi connectivity index (χ2v) is 7.46. The van der Waals surface area contributed by atoms with E-state index in [-0.39, 0.29) is 0 Å². The van der Waals surface area contributed by atoms with Crippen LogP contribution < -0.4 is 11.1 Å². The molecule has 128 valence electrons. The number of halogens is 1. The van der Waals surface area contributed by atoms with Crippen molar-refractivity contribution in [2.24, 2.45) is 11.7 Å². The van der Waals surface area contributed by atoms with Crippen molar-refractivity contribution in [3.63, 3.8) is 0 Å². The highest BCUT2D eigenvalue weighted by Crippen LogP contribution is 2.36. The Kier molecular flexibility index (Phi) is 4.41. The van der Waals surface area contributed by atoms with E-state index in [0.29, 0.717) is 23.1 Å². The molecule has 0 bridgehead atoms. The van der Waals surface area contributed by atoms with Crippen LogP contribution in [0.3, 0.4) is 0 Å². The fourth-order valence-corrected chi connectivity index (χ4v) is 3.55. The summed E-state index contributed by atoms with van der Waals surface area (Å²) in [7, 11) is 0. The van der Waals surface area contributed by atoms with Gasteiger partial charge < -0.3 is 11.1 Å². The van der Waals surface area contributed by atoms with Crippen LogP contribution in [0.15, 0.2) is 12.4 Å². The standard InChI is InChI=1S/C17H23ClN6/c18-14-9-20-17(22-12-5-3-11(19)4-6-12)23-16(14)13-8-21-24-15(13)7-10-1-2-10/h8-12H,1-7,19H2,(H,21,24)(H,20,22,23). The number of hydrogen-bond acceptors (Lipinski definition) is 5. The van der Waals surface area contributed by atoms with Gasteiger partial charge in [0, 0.05) is 23.3 Å². The number of anilines is 1. The number of rotatable bonds is 5. The zero-order valence-electron chi connectivity index (χ0n) is 13.6. The first-order valence-electron chi connectivity index (χ1n) is 8.76. The highest BCUT2D eigenvalue weighted by atomic mass is 35.5. The minimum Gasteiger partial charge on any atom is -0.351 e. The summed E-state index contributed by atoms with van der Waals surface area (Å²) >= 11 is 6.36. The third-order valence-corrected chi connectivity index (χ3v) is 5.29. The summed E-state index contributed by atoms with van der Waals surface area (Å²) in [6.45, 7) is 0. The Bertz CT molecular complexity index is 703. The molecule has 0 aromatic carbocycles. The smallest absolute Gasteiger partial charge is 0.223 e. The van der Waals surface area contributed by atoms with Gasteiger partial charge in [-0.25, -0.2) is 9.97 Å². The summed E-state index contributed by atoms with van der Waals surface area (Å²) in [6, 6.07) is 0.717. The van der Waals surface area contributed by atoms with Crippen LogP contribution in [0.5, 0.6) is 0 Å². The number of H-pyrrole nitrogens is 1. The lowest BCUT2D eigenvalue weighted by atomic mass is 9.92. The number of nitrogens with zero attached hydrogens (tertiary/aromatic N) is 3. The summed E-state index contributed by atoms with van der Waals surface area (Å²) < 4.78 is 0. The Balaban J connectivity index is 1.54. The van der Waals surface area contributed by atoms with Crippen LogP contribution in [0, 0.1) is 5.92 Å². The van der Waals surface area contributed by atoms with Crippen molar-refractivity contribution >= 4 is 17.5 Å². The number of nitrogens with one attached hydrogen (secondary N) is 2. The van der Waals surface area contributed by atoms with Crippen LogP contribution >= 0.6 is 11.6 Å². The first-order valence-corrected chi connectivity index (χ1v) is 9.14. The lowest BCUT2D eigenvalue weighted by molar-refractivity contribution is 0.410. The van der Waals surface area contributed by atoms with E-state index >= 15 is 0 Å². The molecule has 2 aliphatic rings. The first-order chi connectivity index (χ1) is 11.7. The van der Waals surface area contributed by atoms with Crippen molar-refractivity contribution in [3.8, 4) is 11.3 Å². The average molecular weight is 347 g/mol. The van der Waals surface area contributed by atoms with Crippen molar-refractivity contribution in [1.29, 1.82) is 0 Å². The van der Waals surface area contributed by atoms with Crippen LogP contribution in [-0.2, 0) is 6.42 Å². The fourth-order valence-electron chi connectivity index (χ4n) is 3.35. The highest BCUT2D eigenvalue weighted by Gasteiger charge is 2.25. The molecule has 0 aliphatic heterocycles. The topological polar surface area (TPSA) is 92.5 Å². The molecule has 0 atom stereocenters. The van der Waals surface area contributed by atoms with Gasteiger partial charge in [0.15, 0.2) is 0 Å². The maximum atomic E-state index is 6.36. The summed E-state index contributed by atoms with van der Waals surface area (Å²) in [5.41, 5.74) is 8.84. The van der Waals surface area contributed by atoms with Crippen LogP contribution in [0.2, 0.25) is 5.02 Å². The molecule has 2 aliphatic carbocycles. The van der Waals surface area contributed by atoms with Gasteiger partial charge in [0.1, 0.15) is 0 Å². The van der Waals surface area contributed by atoms with Crippen LogP contribution in [0.25, 0.3) is 11.3 Å². The van der Waals surface area contributed by atoms with Crippen molar-refractivity contribution in [3.05, 3.63) is 23.1 Å². The summed E-state index contributed by atoms with van der Waals surface area (Å²) in [5, 5.41) is 11.3. The molecule has 7 heteroatoms. The molecule has 2 aromatic heterocycles. The van der Waals surface area contributed by atoms with E-state index in [4.69, 9.17) is 17.3 Å². The lowest BCUT2D eigenvalue weighted by Crippen LogP contribution is -2.33. The van der Waals surface area contributed by atoms with Crippen LogP contribution in [0.1, 0.15) is 44.2 Å². The molecule has 4 rings (SSSR count). The van der Waals surface area contributed by atoms with E-state index < -0.39 is 0 Å². The first kappa shape index (κ1) is 15.8. The molecule has 0 saturated heterocycles. The molecule has 0 amide bonds. The molecule has 24 heavy (non-hydrogen) atoms. The molecule has 0 radical (unpaired) electrons. The molecule has 2 fully saturated rings. The predicted molar refractivity (Wildman–Crippen MR) is 94.9 cm³/mol. The van der Waals surface area contributed by atoms with Gasteiger partial charge >= 0.3 is 0 Å². The number of nitrogens with two attached hydrogens (primary N) is 1. The minimum absolute atomic E-state index is 0.334. The molecular weight excluding hydrogens is 324 g/mol. The van der Waals surface area contributed by atoms with E-state index in [9.17, 15) is 0 Å². The Hall–Kier alpha value is -1.66. The normalized spacial score (nSPS) is 24.1. The van der Waals surface area contributed by atoms with E-state index in [1.54, 1.807) is 6.20 Å². The van der Waals surface area contributed by atoms with E-state index in [2.05, 4.69) is 25.5 Å². The van der Waals surface area contributed by atoms with Gasteiger partial charge in [0.2, 0.25) is 5.95 Å². The molecule has 2 aromatic rings. The third-order valence-electron chi connectivity index (χ3n) is 5.01. The quantitative estimate of drug-likeness (QED) is 0.773. The van der Waals surface area contributed by atoms with Crippen molar-refractivity contribution in [2.75, 3.05) is 5.32 Å². The third kappa shape index (κ3) is 3.54. The van der Waals surface area contributed by atoms with Crippen molar-refractivity contribution < 1.29 is 0 Å². The van der Waals surface area contributed by atoms with Crippen molar-refractivity contribution in [1.82, 2.24) is 20.2 Å². The zero-order chi connectivity index (χ0) is 16.5. The monoisotopic (exact) mass is 346 g/mol. The molecule has 4 N–H and O–H groups in total. The molecule has 2 saturated carbocycles. The van der Waals surface area contributed by atoms with Gasteiger partial charge in [-0.1, -0.05) is 11.6 Å². The van der Waals surface area contributed by atoms with Crippen molar-refractivity contribution in [2.45, 2.75) is 57.0 Å². The molecule has 2 heterocycles. The molecule has 6 nitrogen and oxygen atoms in total. The van der Waals surface area contributed by atoms with Gasteiger partial charge in [-0.15, -0.1) is 0 Å². The Morgan fingerprint density at radius 2 is 1.96 bits per heavy atom. The summed E-state index contributed by atoms with van der Waals surface area (Å²) in [4.78, 5) is 9.02. The van der Waals surface area contributed by atoms with Crippen LogP contribution in [0.4, 0.5) is 5.95 Å². The van der Waals surface area contributed by atoms with Gasteiger partial charge in [-0.05, 0) is 50.9 Å². The van der Waals surface area contributed by atoms with Gasteiger partial charge in [-0.2, -0.15) is 5.10 Å². The molecule has 0 unspecified atom stereocenters. The van der Waals surface area contributed by atoms with E-state index in [0.717, 1.165) is 55.0 Å². The summed E-state index contributed by atoms with van der Waals surface area (Å²) in [5.74, 6) is 1.40. The second-order valence-electron chi connectivity index (χ2n) is 7.06. The van der Waals surface area contributed by atoms with Crippen LogP contribution in [-0.4, -0.2) is 32.2 Å². The number of aromatic amines is 1. The second kappa shape index (κ2) is 6.69. The predicted octanol–water partition coefficient (Wildman–Crippen LogP) is 3.15. The Morgan fingerprint density at radius 1 is 1.17 bits per heavy atom. The average Bonchev–Trinajstić information content (AvgIpc) is 3.28. The van der Waals surface area contributed by atoms with Gasteiger partial charge in [-0.3, -0.25) is 5.10 Å². The Labute approximate surface area is 146 Å². The van der Waals surface area contributed by atoms with E-state index in [1.807, 2.05) is 6.20 Å². The van der Waals surface area contributed by atoms with E-state index in [1.165, 1.54) is 12.8 Å². The Morgan fingerprint density at radius 3 is 2.71 bits per heavy atom.